The van der Waals surface area contributed by atoms with Crippen molar-refractivity contribution in [2.75, 3.05) is 0 Å². The normalized spacial score (nSPS) is 13.4. The number of aliphatic carboxylic acids is 1. The van der Waals surface area contributed by atoms with Crippen LogP contribution in [0, 0.1) is 0 Å². The van der Waals surface area contributed by atoms with Gasteiger partial charge in [0.15, 0.2) is 0 Å². The van der Waals surface area contributed by atoms with Crippen molar-refractivity contribution in [1.82, 2.24) is 10.3 Å². The number of carboxylic acid groups (broad SMARTS) is 1. The Hall–Kier alpha value is -2.79. The van der Waals surface area contributed by atoms with Gasteiger partial charge < -0.3 is 15.4 Å². The van der Waals surface area contributed by atoms with Gasteiger partial charge in [-0.3, -0.25) is 4.79 Å². The van der Waals surface area contributed by atoms with Gasteiger partial charge >= 0.3 is 5.97 Å². The molecule has 0 spiro atoms. The predicted octanol–water partition coefficient (Wildman–Crippen LogP) is 3.81. The first-order valence-electron chi connectivity index (χ1n) is 7.82. The van der Waals surface area contributed by atoms with Crippen molar-refractivity contribution in [3.63, 3.8) is 0 Å². The first kappa shape index (κ1) is 17.0. The minimum atomic E-state index is -1.08. The van der Waals surface area contributed by atoms with Crippen LogP contribution in [-0.2, 0) is 4.79 Å². The summed E-state index contributed by atoms with van der Waals surface area (Å²) in [5, 5.41) is 13.5. The van der Waals surface area contributed by atoms with Gasteiger partial charge in [0.25, 0.3) is 5.91 Å². The Kier molecular flexibility index (Phi) is 4.76. The molecule has 1 heterocycles. The van der Waals surface area contributed by atoms with Crippen molar-refractivity contribution in [2.24, 2.45) is 0 Å². The molecule has 3 aromatic rings. The van der Waals surface area contributed by atoms with Crippen LogP contribution in [0.2, 0.25) is 5.02 Å². The maximum Gasteiger partial charge on any atom is 0.326 e. The molecule has 128 valence electrons. The summed E-state index contributed by atoms with van der Waals surface area (Å²) in [5.41, 5.74) is 1.90. The summed E-state index contributed by atoms with van der Waals surface area (Å²) in [4.78, 5) is 27.1. The topological polar surface area (TPSA) is 82.2 Å². The van der Waals surface area contributed by atoms with Crippen LogP contribution in [-0.4, -0.2) is 28.0 Å². The van der Waals surface area contributed by atoms with E-state index in [1.54, 1.807) is 31.2 Å². The monoisotopic (exact) mass is 356 g/mol. The molecular weight excluding hydrogens is 340 g/mol. The Labute approximate surface area is 149 Å². The largest absolute Gasteiger partial charge is 0.480 e. The Bertz CT molecular complexity index is 921. The van der Waals surface area contributed by atoms with E-state index < -0.39 is 17.9 Å². The third-order valence-electron chi connectivity index (χ3n) is 4.21. The second kappa shape index (κ2) is 6.99. The van der Waals surface area contributed by atoms with Gasteiger partial charge in [-0.25, -0.2) is 4.79 Å². The lowest BCUT2D eigenvalue weighted by Gasteiger charge is -2.21. The van der Waals surface area contributed by atoms with E-state index in [9.17, 15) is 14.7 Å². The fourth-order valence-electron chi connectivity index (χ4n) is 2.79. The SMILES string of the molecule is CC(c1ccccc1)C(NC(=O)c1cc2cc(Cl)ccc2[nH]1)C(=O)O. The molecule has 0 aliphatic rings. The maximum atomic E-state index is 12.5. The molecule has 0 saturated heterocycles. The molecule has 2 atom stereocenters. The lowest BCUT2D eigenvalue weighted by Crippen LogP contribution is -2.44. The molecule has 0 saturated carbocycles. The van der Waals surface area contributed by atoms with Gasteiger partial charge in [0.1, 0.15) is 11.7 Å². The molecular formula is C19H17ClN2O3. The summed E-state index contributed by atoms with van der Waals surface area (Å²) in [5.74, 6) is -1.92. The number of hydrogen-bond acceptors (Lipinski definition) is 2. The molecule has 0 bridgehead atoms. The van der Waals surface area contributed by atoms with Crippen LogP contribution in [0.1, 0.15) is 28.9 Å². The van der Waals surface area contributed by atoms with Crippen molar-refractivity contribution in [3.8, 4) is 0 Å². The standard InChI is InChI=1S/C19H17ClN2O3/c1-11(12-5-3-2-4-6-12)17(19(24)25)22-18(23)16-10-13-9-14(20)7-8-15(13)21-16/h2-11,17,21H,1H3,(H,22,23)(H,24,25). The van der Waals surface area contributed by atoms with Gasteiger partial charge in [-0.05, 0) is 29.8 Å². The van der Waals surface area contributed by atoms with E-state index in [1.165, 1.54) is 0 Å². The van der Waals surface area contributed by atoms with Crippen LogP contribution in [0.5, 0.6) is 0 Å². The number of halogens is 1. The number of benzene rings is 2. The number of carboxylic acids is 1. The average Bonchev–Trinajstić information content (AvgIpc) is 3.02. The Morgan fingerprint density at radius 3 is 2.52 bits per heavy atom. The van der Waals surface area contributed by atoms with E-state index in [0.29, 0.717) is 10.7 Å². The summed E-state index contributed by atoms with van der Waals surface area (Å²) in [7, 11) is 0. The molecule has 25 heavy (non-hydrogen) atoms. The highest BCUT2D eigenvalue weighted by Gasteiger charge is 2.28. The van der Waals surface area contributed by atoms with E-state index in [2.05, 4.69) is 10.3 Å². The molecule has 3 rings (SSSR count). The molecule has 6 heteroatoms. The maximum absolute atomic E-state index is 12.5. The summed E-state index contributed by atoms with van der Waals surface area (Å²) in [6, 6.07) is 15.1. The number of H-pyrrole nitrogens is 1. The molecule has 1 aromatic heterocycles. The van der Waals surface area contributed by atoms with E-state index in [-0.39, 0.29) is 5.92 Å². The van der Waals surface area contributed by atoms with Gasteiger partial charge in [0.2, 0.25) is 0 Å². The summed E-state index contributed by atoms with van der Waals surface area (Å²) >= 11 is 5.95. The summed E-state index contributed by atoms with van der Waals surface area (Å²) in [6.07, 6.45) is 0. The van der Waals surface area contributed by atoms with Crippen LogP contribution in [0.3, 0.4) is 0 Å². The molecule has 3 N–H and O–H groups in total. The Balaban J connectivity index is 1.83. The zero-order valence-corrected chi connectivity index (χ0v) is 14.2. The van der Waals surface area contributed by atoms with Crippen LogP contribution < -0.4 is 5.32 Å². The molecule has 5 nitrogen and oxygen atoms in total. The highest BCUT2D eigenvalue weighted by Crippen LogP contribution is 2.22. The summed E-state index contributed by atoms with van der Waals surface area (Å²) in [6.45, 7) is 1.78. The minimum absolute atomic E-state index is 0.295. The molecule has 0 aliphatic carbocycles. The number of aromatic amines is 1. The molecule has 2 unspecified atom stereocenters. The Morgan fingerprint density at radius 1 is 1.12 bits per heavy atom. The fourth-order valence-corrected chi connectivity index (χ4v) is 2.98. The summed E-state index contributed by atoms with van der Waals surface area (Å²) < 4.78 is 0. The van der Waals surface area contributed by atoms with Crippen LogP contribution in [0.25, 0.3) is 10.9 Å². The van der Waals surface area contributed by atoms with Crippen LogP contribution in [0.15, 0.2) is 54.6 Å². The average molecular weight is 357 g/mol. The fraction of sp³-hybridized carbons (Fsp3) is 0.158. The molecule has 1 amide bonds. The molecule has 0 radical (unpaired) electrons. The third kappa shape index (κ3) is 3.67. The number of hydrogen-bond donors (Lipinski definition) is 3. The molecule has 0 aliphatic heterocycles. The van der Waals surface area contributed by atoms with E-state index >= 15 is 0 Å². The van der Waals surface area contributed by atoms with Gasteiger partial charge in [0, 0.05) is 21.8 Å². The number of carbonyl (C=O) groups excluding carboxylic acids is 1. The zero-order chi connectivity index (χ0) is 18.0. The number of amides is 1. The number of aromatic nitrogens is 1. The lowest BCUT2D eigenvalue weighted by atomic mass is 9.93. The number of carbonyl (C=O) groups is 2. The van der Waals surface area contributed by atoms with Gasteiger partial charge in [-0.1, -0.05) is 48.9 Å². The second-order valence-corrected chi connectivity index (χ2v) is 6.34. The van der Waals surface area contributed by atoms with Crippen molar-refractivity contribution in [2.45, 2.75) is 18.9 Å². The van der Waals surface area contributed by atoms with Gasteiger partial charge in [0.05, 0.1) is 0 Å². The van der Waals surface area contributed by atoms with Gasteiger partial charge in [-0.2, -0.15) is 0 Å². The van der Waals surface area contributed by atoms with E-state index in [1.807, 2.05) is 30.3 Å². The quantitative estimate of drug-likeness (QED) is 0.650. The Morgan fingerprint density at radius 2 is 1.84 bits per heavy atom. The molecule has 0 fully saturated rings. The first-order valence-corrected chi connectivity index (χ1v) is 8.20. The van der Waals surface area contributed by atoms with Crippen molar-refractivity contribution >= 4 is 34.4 Å². The lowest BCUT2D eigenvalue weighted by molar-refractivity contribution is -0.139. The van der Waals surface area contributed by atoms with Crippen molar-refractivity contribution in [1.29, 1.82) is 0 Å². The second-order valence-electron chi connectivity index (χ2n) is 5.90. The number of rotatable bonds is 5. The number of fused-ring (bicyclic) bond motifs is 1. The smallest absolute Gasteiger partial charge is 0.326 e. The third-order valence-corrected chi connectivity index (χ3v) is 4.44. The van der Waals surface area contributed by atoms with Gasteiger partial charge in [-0.15, -0.1) is 0 Å². The van der Waals surface area contributed by atoms with Crippen LogP contribution in [0.4, 0.5) is 0 Å². The highest BCUT2D eigenvalue weighted by molar-refractivity contribution is 6.31. The van der Waals surface area contributed by atoms with Crippen molar-refractivity contribution in [3.05, 3.63) is 70.9 Å². The first-order chi connectivity index (χ1) is 12.0. The minimum Gasteiger partial charge on any atom is -0.480 e. The highest BCUT2D eigenvalue weighted by atomic mass is 35.5. The van der Waals surface area contributed by atoms with E-state index in [4.69, 9.17) is 11.6 Å². The van der Waals surface area contributed by atoms with Crippen LogP contribution >= 0.6 is 11.6 Å². The zero-order valence-electron chi connectivity index (χ0n) is 13.5. The predicted molar refractivity (Wildman–Crippen MR) is 97.1 cm³/mol. The number of nitrogens with one attached hydrogen (secondary N) is 2. The van der Waals surface area contributed by atoms with E-state index in [0.717, 1.165) is 16.5 Å². The molecule has 2 aromatic carbocycles. The van der Waals surface area contributed by atoms with Crippen molar-refractivity contribution < 1.29 is 14.7 Å².